The van der Waals surface area contributed by atoms with E-state index in [1.54, 1.807) is 6.07 Å². The fourth-order valence-electron chi connectivity index (χ4n) is 5.57. The van der Waals surface area contributed by atoms with E-state index >= 15 is 0 Å². The number of phenolic OH excluding ortho intramolecular Hbond substituents is 2. The smallest absolute Gasteiger partial charge is 0.150 e. The molecular weight excluding hydrogens is 535 g/mol. The van der Waals surface area contributed by atoms with Gasteiger partial charge < -0.3 is 14.7 Å². The van der Waals surface area contributed by atoms with Crippen molar-refractivity contribution in [2.45, 2.75) is 0 Å². The summed E-state index contributed by atoms with van der Waals surface area (Å²) >= 11 is 0. The molecule has 0 atom stereocenters. The second-order valence-corrected chi connectivity index (χ2v) is 11.9. The number of phenols is 2. The van der Waals surface area contributed by atoms with Gasteiger partial charge in [0.05, 0.1) is 0 Å². The van der Waals surface area contributed by atoms with Crippen LogP contribution in [-0.2, 0) is 0 Å². The van der Waals surface area contributed by atoms with E-state index in [-0.39, 0.29) is 11.5 Å². The molecule has 3 nitrogen and oxygen atoms in total. The van der Waals surface area contributed by atoms with E-state index in [0.717, 1.165) is 37.7 Å². The Balaban J connectivity index is 1.45. The maximum atomic E-state index is 12.1. The van der Waals surface area contributed by atoms with Gasteiger partial charge in [-0.1, -0.05) is 133 Å². The number of hydrogen-bond acceptors (Lipinski definition) is 3. The fourth-order valence-corrected chi connectivity index (χ4v) is 7.32. The molecule has 0 aliphatic heterocycles. The van der Waals surface area contributed by atoms with Crippen LogP contribution in [0.2, 0.25) is 0 Å². The summed E-state index contributed by atoms with van der Waals surface area (Å²) < 4.78 is 6.88. The lowest BCUT2D eigenvalue weighted by atomic mass is 9.88. The van der Waals surface area contributed by atoms with Crippen LogP contribution in [0.4, 0.5) is 0 Å². The largest absolute Gasteiger partial charge is 0.507 e. The number of rotatable bonds is 6. The zero-order chi connectivity index (χ0) is 28.5. The number of para-hydroxylation sites is 1. The molecule has 0 saturated heterocycles. The molecule has 0 unspecified atom stereocenters. The monoisotopic (exact) mass is 562 g/mol. The van der Waals surface area contributed by atoms with Gasteiger partial charge in [-0.25, -0.2) is 0 Å². The van der Waals surface area contributed by atoms with E-state index in [1.165, 1.54) is 0 Å². The highest BCUT2D eigenvalue weighted by molar-refractivity contribution is 7.68. The van der Waals surface area contributed by atoms with Crippen LogP contribution in [0.5, 0.6) is 17.2 Å². The maximum Gasteiger partial charge on any atom is 0.150 e. The molecule has 202 valence electrons. The Morgan fingerprint density at radius 2 is 1.00 bits per heavy atom. The molecule has 0 radical (unpaired) electrons. The van der Waals surface area contributed by atoms with Gasteiger partial charge in [-0.05, 0) is 39.7 Å². The summed E-state index contributed by atoms with van der Waals surface area (Å²) in [6, 6.07) is 49.8. The van der Waals surface area contributed by atoms with Crippen LogP contribution < -0.4 is 15.1 Å². The minimum Gasteiger partial charge on any atom is -0.507 e. The molecule has 2 N–H and O–H groups in total. The average molecular weight is 563 g/mol. The SMILES string of the molecule is Oc1ccc2ccccc2c1-c1c(O)c(-c2ccccc2OP(c2ccccc2)c2ccccc2)cc2ccccc12. The highest BCUT2D eigenvalue weighted by Gasteiger charge is 2.24. The summed E-state index contributed by atoms with van der Waals surface area (Å²) in [5.74, 6) is 0.891. The second kappa shape index (κ2) is 11.0. The molecule has 7 aromatic carbocycles. The molecule has 0 bridgehead atoms. The zero-order valence-electron chi connectivity index (χ0n) is 22.7. The number of aromatic hydroxyl groups is 2. The van der Waals surface area contributed by atoms with Gasteiger partial charge in [0.2, 0.25) is 0 Å². The van der Waals surface area contributed by atoms with Crippen molar-refractivity contribution in [3.05, 3.63) is 152 Å². The minimum atomic E-state index is -1.18. The highest BCUT2D eigenvalue weighted by Crippen LogP contribution is 2.51. The van der Waals surface area contributed by atoms with Crippen LogP contribution in [0.1, 0.15) is 0 Å². The number of benzene rings is 7. The molecule has 0 spiro atoms. The Morgan fingerprint density at radius 1 is 0.452 bits per heavy atom. The third-order valence-corrected chi connectivity index (χ3v) is 9.44. The first kappa shape index (κ1) is 25.8. The zero-order valence-corrected chi connectivity index (χ0v) is 23.6. The van der Waals surface area contributed by atoms with Gasteiger partial charge in [-0.15, -0.1) is 0 Å². The minimum absolute atomic E-state index is 0.0974. The van der Waals surface area contributed by atoms with Crippen molar-refractivity contribution in [1.82, 2.24) is 0 Å². The van der Waals surface area contributed by atoms with Gasteiger partial charge in [0.1, 0.15) is 17.2 Å². The Bertz CT molecular complexity index is 2000. The van der Waals surface area contributed by atoms with Crippen molar-refractivity contribution in [3.63, 3.8) is 0 Å². The van der Waals surface area contributed by atoms with Crippen molar-refractivity contribution in [2.24, 2.45) is 0 Å². The van der Waals surface area contributed by atoms with Gasteiger partial charge >= 0.3 is 0 Å². The predicted molar refractivity (Wildman–Crippen MR) is 175 cm³/mol. The van der Waals surface area contributed by atoms with Crippen LogP contribution >= 0.6 is 8.15 Å². The van der Waals surface area contributed by atoms with Crippen LogP contribution in [0.15, 0.2) is 152 Å². The first-order valence-corrected chi connectivity index (χ1v) is 15.1. The Labute approximate surface area is 245 Å². The van der Waals surface area contributed by atoms with E-state index < -0.39 is 8.15 Å². The summed E-state index contributed by atoms with van der Waals surface area (Å²) in [6.07, 6.45) is 0. The lowest BCUT2D eigenvalue weighted by Crippen LogP contribution is -2.15. The molecule has 0 fully saturated rings. The second-order valence-electron chi connectivity index (χ2n) is 10.1. The Morgan fingerprint density at radius 3 is 1.69 bits per heavy atom. The molecule has 0 amide bonds. The van der Waals surface area contributed by atoms with Crippen LogP contribution in [0.3, 0.4) is 0 Å². The lowest BCUT2D eigenvalue weighted by molar-refractivity contribution is 0.471. The summed E-state index contributed by atoms with van der Waals surface area (Å²) in [7, 11) is -1.18. The molecule has 4 heteroatoms. The van der Waals surface area contributed by atoms with Crippen LogP contribution in [-0.4, -0.2) is 10.2 Å². The third kappa shape index (κ3) is 4.64. The van der Waals surface area contributed by atoms with Crippen molar-refractivity contribution in [3.8, 4) is 39.5 Å². The van der Waals surface area contributed by atoms with E-state index in [2.05, 4.69) is 24.3 Å². The highest BCUT2D eigenvalue weighted by atomic mass is 31.1. The summed E-state index contributed by atoms with van der Waals surface area (Å²) in [4.78, 5) is 0. The third-order valence-electron chi connectivity index (χ3n) is 7.53. The molecule has 0 aromatic heterocycles. The molecule has 7 aromatic rings. The first-order chi connectivity index (χ1) is 20.7. The van der Waals surface area contributed by atoms with Crippen molar-refractivity contribution in [1.29, 1.82) is 0 Å². The quantitative estimate of drug-likeness (QED) is 0.199. The van der Waals surface area contributed by atoms with Crippen LogP contribution in [0.25, 0.3) is 43.8 Å². The summed E-state index contributed by atoms with van der Waals surface area (Å²) in [6.45, 7) is 0. The van der Waals surface area contributed by atoms with Gasteiger partial charge in [-0.2, -0.15) is 0 Å². The van der Waals surface area contributed by atoms with Gasteiger partial charge in [-0.3, -0.25) is 0 Å². The van der Waals surface area contributed by atoms with Crippen molar-refractivity contribution in [2.75, 3.05) is 0 Å². The van der Waals surface area contributed by atoms with E-state index in [9.17, 15) is 10.2 Å². The average Bonchev–Trinajstić information content (AvgIpc) is 3.05. The van der Waals surface area contributed by atoms with Crippen LogP contribution in [0, 0.1) is 0 Å². The molecule has 0 aliphatic rings. The topological polar surface area (TPSA) is 49.7 Å². The number of fused-ring (bicyclic) bond motifs is 2. The lowest BCUT2D eigenvalue weighted by Gasteiger charge is -2.22. The van der Waals surface area contributed by atoms with Crippen molar-refractivity contribution < 1.29 is 14.7 Å². The number of hydrogen-bond donors (Lipinski definition) is 2. The molecule has 0 saturated carbocycles. The summed E-state index contributed by atoms with van der Waals surface area (Å²) in [5, 5.41) is 29.2. The van der Waals surface area contributed by atoms with Gasteiger partial charge in [0.15, 0.2) is 8.15 Å². The maximum absolute atomic E-state index is 12.1. The standard InChI is InChI=1S/C38H27O3P/c39-34-24-23-26-13-7-9-19-30(26)36(34)37-31-20-10-8-14-27(31)25-33(38(37)40)32-21-11-12-22-35(32)41-42(28-15-3-1-4-16-28)29-17-5-2-6-18-29/h1-25,39-40H. The molecule has 0 heterocycles. The Hall–Kier alpha value is -5.11. The molecule has 42 heavy (non-hydrogen) atoms. The molecule has 0 aliphatic carbocycles. The molecule has 7 rings (SSSR count). The Kier molecular flexibility index (Phi) is 6.79. The van der Waals surface area contributed by atoms with E-state index in [4.69, 9.17) is 4.52 Å². The fraction of sp³-hybridized carbons (Fsp3) is 0. The van der Waals surface area contributed by atoms with Gasteiger partial charge in [0.25, 0.3) is 0 Å². The summed E-state index contributed by atoms with van der Waals surface area (Å²) in [5.41, 5.74) is 2.63. The van der Waals surface area contributed by atoms with Crippen molar-refractivity contribution >= 4 is 40.3 Å². The van der Waals surface area contributed by atoms with E-state index in [0.29, 0.717) is 22.4 Å². The molecular formula is C38H27O3P. The van der Waals surface area contributed by atoms with E-state index in [1.807, 2.05) is 121 Å². The predicted octanol–water partition coefficient (Wildman–Crippen LogP) is 9.16. The normalized spacial score (nSPS) is 11.3. The first-order valence-electron chi connectivity index (χ1n) is 13.8. The van der Waals surface area contributed by atoms with Gasteiger partial charge in [0, 0.05) is 32.9 Å².